The van der Waals surface area contributed by atoms with Crippen LogP contribution in [0.1, 0.15) is 24.8 Å². The molecule has 0 heterocycles. The second-order valence-corrected chi connectivity index (χ2v) is 3.65. The van der Waals surface area contributed by atoms with Gasteiger partial charge < -0.3 is 10.8 Å². The van der Waals surface area contributed by atoms with Crippen LogP contribution < -0.4 is 5.73 Å². The Balaban J connectivity index is 2.45. The van der Waals surface area contributed by atoms with E-state index in [1.165, 1.54) is 6.07 Å². The lowest BCUT2D eigenvalue weighted by atomic mass is 9.72. The molecule has 0 atom stereocenters. The molecular formula is C10H12FNO. The molecule has 1 aliphatic rings. The van der Waals surface area contributed by atoms with Crippen LogP contribution in [-0.4, -0.2) is 5.11 Å². The van der Waals surface area contributed by atoms with Gasteiger partial charge in [-0.2, -0.15) is 0 Å². The van der Waals surface area contributed by atoms with Crippen LogP contribution in [0.4, 0.5) is 4.39 Å². The quantitative estimate of drug-likeness (QED) is 0.694. The summed E-state index contributed by atoms with van der Waals surface area (Å²) in [7, 11) is 0. The highest BCUT2D eigenvalue weighted by atomic mass is 19.1. The Hall–Kier alpha value is -1.09. The first-order valence-electron chi connectivity index (χ1n) is 4.40. The maximum absolute atomic E-state index is 13.0. The van der Waals surface area contributed by atoms with Gasteiger partial charge in [0.1, 0.15) is 0 Å². The van der Waals surface area contributed by atoms with Crippen LogP contribution in [0.15, 0.2) is 18.2 Å². The standard InChI is InChI=1S/C10H12FNO/c11-8-4-1-3-7(9(8)13)10(12)5-2-6-10/h1,3-4,13H,2,5-6,12H2. The zero-order valence-corrected chi connectivity index (χ0v) is 7.26. The molecule has 1 fully saturated rings. The Bertz CT molecular complexity index is 334. The molecule has 0 unspecified atom stereocenters. The number of rotatable bonds is 1. The van der Waals surface area contributed by atoms with E-state index in [1.807, 2.05) is 0 Å². The average Bonchev–Trinajstić information content (AvgIpc) is 2.06. The lowest BCUT2D eigenvalue weighted by Gasteiger charge is -2.38. The van der Waals surface area contributed by atoms with Gasteiger partial charge in [-0.3, -0.25) is 0 Å². The molecule has 0 aliphatic heterocycles. The molecule has 70 valence electrons. The zero-order chi connectivity index (χ0) is 9.47. The Kier molecular flexibility index (Phi) is 1.77. The second-order valence-electron chi connectivity index (χ2n) is 3.65. The van der Waals surface area contributed by atoms with E-state index in [2.05, 4.69) is 0 Å². The molecule has 3 N–H and O–H groups in total. The van der Waals surface area contributed by atoms with Crippen molar-refractivity contribution in [1.82, 2.24) is 0 Å². The fraction of sp³-hybridized carbons (Fsp3) is 0.400. The summed E-state index contributed by atoms with van der Waals surface area (Å²) in [5, 5.41) is 9.44. The van der Waals surface area contributed by atoms with E-state index in [4.69, 9.17) is 5.73 Å². The lowest BCUT2D eigenvalue weighted by Crippen LogP contribution is -2.43. The van der Waals surface area contributed by atoms with E-state index in [-0.39, 0.29) is 5.75 Å². The van der Waals surface area contributed by atoms with Crippen LogP contribution >= 0.6 is 0 Å². The van der Waals surface area contributed by atoms with Crippen molar-refractivity contribution in [3.63, 3.8) is 0 Å². The number of nitrogens with two attached hydrogens (primary N) is 1. The van der Waals surface area contributed by atoms with Crippen molar-refractivity contribution in [1.29, 1.82) is 0 Å². The fourth-order valence-corrected chi connectivity index (χ4v) is 1.74. The summed E-state index contributed by atoms with van der Waals surface area (Å²) in [4.78, 5) is 0. The van der Waals surface area contributed by atoms with Crippen LogP contribution in [0.5, 0.6) is 5.75 Å². The van der Waals surface area contributed by atoms with Gasteiger partial charge in [0.15, 0.2) is 11.6 Å². The van der Waals surface area contributed by atoms with Crippen molar-refractivity contribution >= 4 is 0 Å². The number of hydrogen-bond donors (Lipinski definition) is 2. The Morgan fingerprint density at radius 3 is 2.62 bits per heavy atom. The van der Waals surface area contributed by atoms with E-state index in [9.17, 15) is 9.50 Å². The summed E-state index contributed by atoms with van der Waals surface area (Å²) >= 11 is 0. The largest absolute Gasteiger partial charge is 0.505 e. The summed E-state index contributed by atoms with van der Waals surface area (Å²) in [6, 6.07) is 4.51. The van der Waals surface area contributed by atoms with Crippen molar-refractivity contribution in [3.8, 4) is 5.75 Å². The molecule has 0 bridgehead atoms. The van der Waals surface area contributed by atoms with Crippen LogP contribution in [0, 0.1) is 5.82 Å². The maximum atomic E-state index is 13.0. The van der Waals surface area contributed by atoms with Gasteiger partial charge in [0.2, 0.25) is 0 Å². The van der Waals surface area contributed by atoms with Crippen molar-refractivity contribution in [2.75, 3.05) is 0 Å². The molecule has 1 aromatic rings. The van der Waals surface area contributed by atoms with Crippen LogP contribution in [0.25, 0.3) is 0 Å². The number of halogens is 1. The molecule has 1 saturated carbocycles. The van der Waals surface area contributed by atoms with Gasteiger partial charge in [-0.25, -0.2) is 4.39 Å². The first-order valence-corrected chi connectivity index (χ1v) is 4.40. The molecule has 0 spiro atoms. The predicted molar refractivity (Wildman–Crippen MR) is 47.8 cm³/mol. The van der Waals surface area contributed by atoms with Gasteiger partial charge in [0.05, 0.1) is 0 Å². The number of phenolic OH excluding ortho intramolecular Hbond substituents is 1. The molecule has 13 heavy (non-hydrogen) atoms. The number of benzene rings is 1. The highest BCUT2D eigenvalue weighted by Crippen LogP contribution is 2.42. The topological polar surface area (TPSA) is 46.2 Å². The summed E-state index contributed by atoms with van der Waals surface area (Å²) in [5.74, 6) is -0.876. The van der Waals surface area contributed by atoms with Gasteiger partial charge in [-0.15, -0.1) is 0 Å². The highest BCUT2D eigenvalue weighted by molar-refractivity contribution is 5.40. The fourth-order valence-electron chi connectivity index (χ4n) is 1.74. The smallest absolute Gasteiger partial charge is 0.165 e. The molecule has 1 aliphatic carbocycles. The van der Waals surface area contributed by atoms with Gasteiger partial charge in [-0.1, -0.05) is 12.1 Å². The van der Waals surface area contributed by atoms with Crippen molar-refractivity contribution in [2.45, 2.75) is 24.8 Å². The number of hydrogen-bond acceptors (Lipinski definition) is 2. The van der Waals surface area contributed by atoms with Gasteiger partial charge >= 0.3 is 0 Å². The second kappa shape index (κ2) is 2.70. The van der Waals surface area contributed by atoms with Crippen molar-refractivity contribution < 1.29 is 9.50 Å². The predicted octanol–water partition coefficient (Wildman–Crippen LogP) is 1.87. The van der Waals surface area contributed by atoms with E-state index in [1.54, 1.807) is 12.1 Å². The van der Waals surface area contributed by atoms with Crippen LogP contribution in [0.3, 0.4) is 0 Å². The number of para-hydroxylation sites is 1. The van der Waals surface area contributed by atoms with Gasteiger partial charge in [-0.05, 0) is 25.3 Å². The molecule has 2 rings (SSSR count). The Labute approximate surface area is 76.2 Å². The molecule has 2 nitrogen and oxygen atoms in total. The monoisotopic (exact) mass is 181 g/mol. The first kappa shape index (κ1) is 8.51. The van der Waals surface area contributed by atoms with Crippen LogP contribution in [0.2, 0.25) is 0 Å². The lowest BCUT2D eigenvalue weighted by molar-refractivity contribution is 0.243. The summed E-state index contributed by atoms with van der Waals surface area (Å²) in [6.07, 6.45) is 2.69. The van der Waals surface area contributed by atoms with Crippen molar-refractivity contribution in [2.24, 2.45) is 5.73 Å². The molecule has 1 aromatic carbocycles. The third kappa shape index (κ3) is 1.20. The SMILES string of the molecule is NC1(c2cccc(F)c2O)CCC1. The summed E-state index contributed by atoms with van der Waals surface area (Å²) in [5.41, 5.74) is 6.01. The third-order valence-electron chi connectivity index (χ3n) is 2.77. The van der Waals surface area contributed by atoms with E-state index in [0.717, 1.165) is 19.3 Å². The molecule has 0 saturated heterocycles. The summed E-state index contributed by atoms with van der Waals surface area (Å²) in [6.45, 7) is 0. The van der Waals surface area contributed by atoms with Gasteiger partial charge in [0.25, 0.3) is 0 Å². The third-order valence-corrected chi connectivity index (χ3v) is 2.77. The van der Waals surface area contributed by atoms with Crippen LogP contribution in [-0.2, 0) is 5.54 Å². The number of aromatic hydroxyl groups is 1. The minimum atomic E-state index is -0.589. The molecule has 0 radical (unpaired) electrons. The minimum Gasteiger partial charge on any atom is -0.505 e. The average molecular weight is 181 g/mol. The molecule has 0 aromatic heterocycles. The number of phenols is 1. The Morgan fingerprint density at radius 2 is 2.08 bits per heavy atom. The Morgan fingerprint density at radius 1 is 1.38 bits per heavy atom. The zero-order valence-electron chi connectivity index (χ0n) is 7.26. The van der Waals surface area contributed by atoms with Crippen molar-refractivity contribution in [3.05, 3.63) is 29.6 Å². The minimum absolute atomic E-state index is 0.287. The highest BCUT2D eigenvalue weighted by Gasteiger charge is 2.36. The molecule has 3 heteroatoms. The van der Waals surface area contributed by atoms with E-state index in [0.29, 0.717) is 5.56 Å². The summed E-state index contributed by atoms with van der Waals surface area (Å²) < 4.78 is 13.0. The first-order chi connectivity index (χ1) is 6.13. The molecule has 0 amide bonds. The van der Waals surface area contributed by atoms with E-state index < -0.39 is 11.4 Å². The normalized spacial score (nSPS) is 19.5. The van der Waals surface area contributed by atoms with E-state index >= 15 is 0 Å². The van der Waals surface area contributed by atoms with Gasteiger partial charge in [0, 0.05) is 11.1 Å². The maximum Gasteiger partial charge on any atom is 0.165 e. The molecular weight excluding hydrogens is 169 g/mol.